The number of aryl methyl sites for hydroxylation is 1. The molecular formula is C12H20N2. The van der Waals surface area contributed by atoms with E-state index in [0.29, 0.717) is 0 Å². The van der Waals surface area contributed by atoms with Crippen LogP contribution in [0.2, 0.25) is 0 Å². The third-order valence-electron chi connectivity index (χ3n) is 2.61. The van der Waals surface area contributed by atoms with Gasteiger partial charge in [0.2, 0.25) is 0 Å². The summed E-state index contributed by atoms with van der Waals surface area (Å²) in [5.74, 6) is 0. The van der Waals surface area contributed by atoms with Crippen LogP contribution in [0.1, 0.15) is 22.7 Å². The topological polar surface area (TPSA) is 29.3 Å². The van der Waals surface area contributed by atoms with Crippen molar-refractivity contribution in [3.05, 3.63) is 34.9 Å². The van der Waals surface area contributed by atoms with Crippen molar-refractivity contribution in [2.24, 2.45) is 5.73 Å². The predicted octanol–water partition coefficient (Wildman–Crippen LogP) is 1.86. The van der Waals surface area contributed by atoms with Gasteiger partial charge in [-0.2, -0.15) is 0 Å². The molecular weight excluding hydrogens is 172 g/mol. The van der Waals surface area contributed by atoms with Crippen LogP contribution in [0.25, 0.3) is 0 Å². The molecule has 0 aliphatic rings. The van der Waals surface area contributed by atoms with E-state index >= 15 is 0 Å². The fraction of sp³-hybridized carbons (Fsp3) is 0.500. The number of rotatable bonds is 3. The molecule has 2 nitrogen and oxygen atoms in total. The van der Waals surface area contributed by atoms with Gasteiger partial charge in [0.05, 0.1) is 0 Å². The van der Waals surface area contributed by atoms with Crippen LogP contribution in [0, 0.1) is 13.8 Å². The van der Waals surface area contributed by atoms with Crippen LogP contribution in [0.5, 0.6) is 0 Å². The van der Waals surface area contributed by atoms with Crippen molar-refractivity contribution in [3.8, 4) is 0 Å². The van der Waals surface area contributed by atoms with Crippen molar-refractivity contribution in [3.63, 3.8) is 0 Å². The monoisotopic (exact) mass is 192 g/mol. The molecule has 0 fully saturated rings. The van der Waals surface area contributed by atoms with Crippen molar-refractivity contribution in [1.82, 2.24) is 4.90 Å². The van der Waals surface area contributed by atoms with Crippen LogP contribution in [-0.4, -0.2) is 25.5 Å². The zero-order valence-corrected chi connectivity index (χ0v) is 9.54. The highest BCUT2D eigenvalue weighted by Crippen LogP contribution is 2.18. The van der Waals surface area contributed by atoms with Gasteiger partial charge < -0.3 is 10.6 Å². The summed E-state index contributed by atoms with van der Waals surface area (Å²) in [6, 6.07) is 6.44. The summed E-state index contributed by atoms with van der Waals surface area (Å²) in [5.41, 5.74) is 10.0. The largest absolute Gasteiger partial charge is 0.323 e. The molecule has 0 aliphatic carbocycles. The van der Waals surface area contributed by atoms with Gasteiger partial charge in [0.15, 0.2) is 0 Å². The highest BCUT2D eigenvalue weighted by atomic mass is 15.1. The summed E-state index contributed by atoms with van der Waals surface area (Å²) >= 11 is 0. The standard InChI is InChI=1S/C12H20N2/c1-9-6-5-7-11(10(9)2)12(13)8-14(3)4/h5-7,12H,8,13H2,1-4H3. The van der Waals surface area contributed by atoms with E-state index < -0.39 is 0 Å². The molecule has 1 unspecified atom stereocenters. The minimum Gasteiger partial charge on any atom is -0.323 e. The van der Waals surface area contributed by atoms with Crippen LogP contribution >= 0.6 is 0 Å². The maximum absolute atomic E-state index is 6.12. The van der Waals surface area contributed by atoms with Gasteiger partial charge >= 0.3 is 0 Å². The van der Waals surface area contributed by atoms with E-state index in [2.05, 4.69) is 36.9 Å². The van der Waals surface area contributed by atoms with Gasteiger partial charge in [-0.1, -0.05) is 18.2 Å². The number of benzene rings is 1. The normalized spacial score (nSPS) is 13.3. The summed E-state index contributed by atoms with van der Waals surface area (Å²) in [7, 11) is 4.09. The summed E-state index contributed by atoms with van der Waals surface area (Å²) in [6.07, 6.45) is 0. The molecule has 1 aromatic rings. The minimum atomic E-state index is 0.116. The third-order valence-corrected chi connectivity index (χ3v) is 2.61. The van der Waals surface area contributed by atoms with Crippen LogP contribution < -0.4 is 5.73 Å². The zero-order chi connectivity index (χ0) is 10.7. The number of likely N-dealkylation sites (N-methyl/N-ethyl adjacent to an activating group) is 1. The first kappa shape index (κ1) is 11.2. The average Bonchev–Trinajstić information content (AvgIpc) is 2.08. The molecule has 0 aromatic heterocycles. The third kappa shape index (κ3) is 2.56. The molecule has 0 spiro atoms. The summed E-state index contributed by atoms with van der Waals surface area (Å²) < 4.78 is 0. The van der Waals surface area contributed by atoms with Crippen LogP contribution in [0.4, 0.5) is 0 Å². The molecule has 0 saturated carbocycles. The molecule has 1 atom stereocenters. The highest BCUT2D eigenvalue weighted by Gasteiger charge is 2.10. The predicted molar refractivity (Wildman–Crippen MR) is 61.4 cm³/mol. The van der Waals surface area contributed by atoms with Crippen molar-refractivity contribution >= 4 is 0 Å². The number of nitrogens with zero attached hydrogens (tertiary/aromatic N) is 1. The molecule has 0 bridgehead atoms. The van der Waals surface area contributed by atoms with Gasteiger partial charge in [0, 0.05) is 12.6 Å². The van der Waals surface area contributed by atoms with Crippen molar-refractivity contribution in [2.75, 3.05) is 20.6 Å². The van der Waals surface area contributed by atoms with E-state index in [4.69, 9.17) is 5.73 Å². The Kier molecular flexibility index (Phi) is 3.67. The molecule has 2 N–H and O–H groups in total. The van der Waals surface area contributed by atoms with Gasteiger partial charge in [-0.25, -0.2) is 0 Å². The smallest absolute Gasteiger partial charge is 0.0426 e. The van der Waals surface area contributed by atoms with E-state index in [1.807, 2.05) is 14.1 Å². The molecule has 0 saturated heterocycles. The Morgan fingerprint density at radius 3 is 2.50 bits per heavy atom. The van der Waals surface area contributed by atoms with Gasteiger partial charge in [-0.3, -0.25) is 0 Å². The summed E-state index contributed by atoms with van der Waals surface area (Å²) in [4.78, 5) is 2.12. The van der Waals surface area contributed by atoms with Crippen LogP contribution in [-0.2, 0) is 0 Å². The Morgan fingerprint density at radius 1 is 1.29 bits per heavy atom. The molecule has 0 radical (unpaired) electrons. The summed E-state index contributed by atoms with van der Waals surface area (Å²) in [6.45, 7) is 5.16. The lowest BCUT2D eigenvalue weighted by atomic mass is 9.98. The maximum Gasteiger partial charge on any atom is 0.0426 e. The van der Waals surface area contributed by atoms with E-state index in [1.54, 1.807) is 0 Å². The van der Waals surface area contributed by atoms with Crippen molar-refractivity contribution in [2.45, 2.75) is 19.9 Å². The van der Waals surface area contributed by atoms with Gasteiger partial charge in [-0.15, -0.1) is 0 Å². The Morgan fingerprint density at radius 2 is 1.93 bits per heavy atom. The Bertz CT molecular complexity index is 305. The number of nitrogens with two attached hydrogens (primary N) is 1. The van der Waals surface area contributed by atoms with Crippen LogP contribution in [0.15, 0.2) is 18.2 Å². The molecule has 1 aromatic carbocycles. The number of hydrogen-bond donors (Lipinski definition) is 1. The lowest BCUT2D eigenvalue weighted by Gasteiger charge is -2.19. The van der Waals surface area contributed by atoms with Gasteiger partial charge in [0.1, 0.15) is 0 Å². The first-order valence-corrected chi connectivity index (χ1v) is 4.98. The lowest BCUT2D eigenvalue weighted by molar-refractivity contribution is 0.376. The van der Waals surface area contributed by atoms with E-state index in [9.17, 15) is 0 Å². The van der Waals surface area contributed by atoms with E-state index in [0.717, 1.165) is 6.54 Å². The Labute approximate surface area is 86.7 Å². The SMILES string of the molecule is Cc1cccc(C(N)CN(C)C)c1C. The molecule has 78 valence electrons. The molecule has 0 heterocycles. The molecule has 0 amide bonds. The van der Waals surface area contributed by atoms with E-state index in [1.165, 1.54) is 16.7 Å². The molecule has 1 rings (SSSR count). The lowest BCUT2D eigenvalue weighted by Crippen LogP contribution is -2.26. The van der Waals surface area contributed by atoms with Crippen molar-refractivity contribution in [1.29, 1.82) is 0 Å². The summed E-state index contributed by atoms with van der Waals surface area (Å²) in [5, 5.41) is 0. The first-order valence-electron chi connectivity index (χ1n) is 4.98. The van der Waals surface area contributed by atoms with Gasteiger partial charge in [0.25, 0.3) is 0 Å². The van der Waals surface area contributed by atoms with Crippen LogP contribution in [0.3, 0.4) is 0 Å². The van der Waals surface area contributed by atoms with E-state index in [-0.39, 0.29) is 6.04 Å². The average molecular weight is 192 g/mol. The quantitative estimate of drug-likeness (QED) is 0.792. The zero-order valence-electron chi connectivity index (χ0n) is 9.54. The van der Waals surface area contributed by atoms with Gasteiger partial charge in [-0.05, 0) is 44.6 Å². The highest BCUT2D eigenvalue weighted by molar-refractivity contribution is 5.35. The Balaban J connectivity index is 2.89. The number of hydrogen-bond acceptors (Lipinski definition) is 2. The molecule has 0 aliphatic heterocycles. The first-order chi connectivity index (χ1) is 6.52. The molecule has 14 heavy (non-hydrogen) atoms. The second-order valence-corrected chi connectivity index (χ2v) is 4.16. The van der Waals surface area contributed by atoms with Crippen molar-refractivity contribution < 1.29 is 0 Å². The maximum atomic E-state index is 6.12. The second kappa shape index (κ2) is 4.58. The fourth-order valence-corrected chi connectivity index (χ4v) is 1.67. The molecule has 2 heteroatoms. The fourth-order valence-electron chi connectivity index (χ4n) is 1.67. The minimum absolute atomic E-state index is 0.116. The second-order valence-electron chi connectivity index (χ2n) is 4.16. The Hall–Kier alpha value is -0.860.